The lowest BCUT2D eigenvalue weighted by Crippen LogP contribution is -2.35. The highest BCUT2D eigenvalue weighted by Crippen LogP contribution is 2.50. The molecule has 0 spiro atoms. The maximum absolute atomic E-state index is 13.0. The molecule has 2 aliphatic rings. The van der Waals surface area contributed by atoms with Crippen molar-refractivity contribution in [2.45, 2.75) is 25.2 Å². The highest BCUT2D eigenvalue weighted by Gasteiger charge is 2.56. The molecule has 1 saturated carbocycles. The number of aromatic nitrogens is 1. The number of benzene rings is 1. The SMILES string of the molecule is O=C(c1c[nH]c2ccccc12)N1CCCN(CCC2CC2(F)F)CC1. The number of carbonyl (C=O) groups is 1. The van der Waals surface area contributed by atoms with E-state index in [-0.39, 0.29) is 12.3 Å². The summed E-state index contributed by atoms with van der Waals surface area (Å²) in [7, 11) is 0. The largest absolute Gasteiger partial charge is 0.360 e. The second kappa shape index (κ2) is 6.41. The lowest BCUT2D eigenvalue weighted by atomic mass is 10.1. The molecule has 134 valence electrons. The van der Waals surface area contributed by atoms with Crippen LogP contribution in [0.3, 0.4) is 0 Å². The van der Waals surface area contributed by atoms with Gasteiger partial charge in [0.05, 0.1) is 5.56 Å². The molecule has 0 radical (unpaired) electrons. The Labute approximate surface area is 145 Å². The van der Waals surface area contributed by atoms with Crippen LogP contribution in [0.15, 0.2) is 30.5 Å². The molecule has 4 rings (SSSR count). The Morgan fingerprint density at radius 1 is 1.20 bits per heavy atom. The molecular weight excluding hydrogens is 324 g/mol. The molecule has 1 aliphatic heterocycles. The number of para-hydroxylation sites is 1. The van der Waals surface area contributed by atoms with Crippen LogP contribution in [0.5, 0.6) is 0 Å². The highest BCUT2D eigenvalue weighted by molar-refractivity contribution is 6.06. The monoisotopic (exact) mass is 347 g/mol. The summed E-state index contributed by atoms with van der Waals surface area (Å²) in [6, 6.07) is 7.80. The maximum atomic E-state index is 13.0. The van der Waals surface area contributed by atoms with Crippen LogP contribution in [-0.2, 0) is 0 Å². The second-order valence-electron chi connectivity index (χ2n) is 7.19. The first kappa shape index (κ1) is 16.5. The molecule has 6 heteroatoms. The number of fused-ring (bicyclic) bond motifs is 1. The Morgan fingerprint density at radius 3 is 2.80 bits per heavy atom. The Morgan fingerprint density at radius 2 is 2.00 bits per heavy atom. The minimum absolute atomic E-state index is 0.0476. The molecule has 1 aromatic carbocycles. The van der Waals surface area contributed by atoms with Crippen LogP contribution in [0, 0.1) is 5.92 Å². The van der Waals surface area contributed by atoms with Crippen molar-refractivity contribution in [3.63, 3.8) is 0 Å². The molecule has 2 fully saturated rings. The van der Waals surface area contributed by atoms with Crippen molar-refractivity contribution in [3.8, 4) is 0 Å². The molecule has 1 N–H and O–H groups in total. The fourth-order valence-electron chi connectivity index (χ4n) is 3.74. The van der Waals surface area contributed by atoms with E-state index in [0.717, 1.165) is 30.4 Å². The number of carbonyl (C=O) groups excluding carboxylic acids is 1. The lowest BCUT2D eigenvalue weighted by Gasteiger charge is -2.22. The normalized spacial score (nSPS) is 23.6. The summed E-state index contributed by atoms with van der Waals surface area (Å²) in [5, 5.41) is 0.949. The van der Waals surface area contributed by atoms with Crippen LogP contribution in [0.2, 0.25) is 0 Å². The summed E-state index contributed by atoms with van der Waals surface area (Å²) >= 11 is 0. The minimum Gasteiger partial charge on any atom is -0.360 e. The van der Waals surface area contributed by atoms with Crippen LogP contribution < -0.4 is 0 Å². The van der Waals surface area contributed by atoms with E-state index in [0.29, 0.717) is 31.6 Å². The van der Waals surface area contributed by atoms with E-state index in [1.807, 2.05) is 29.2 Å². The van der Waals surface area contributed by atoms with Gasteiger partial charge in [0.25, 0.3) is 11.8 Å². The fraction of sp³-hybridized carbons (Fsp3) is 0.526. The molecule has 0 bridgehead atoms. The predicted molar refractivity (Wildman–Crippen MR) is 92.9 cm³/mol. The van der Waals surface area contributed by atoms with Gasteiger partial charge in [0, 0.05) is 49.1 Å². The van der Waals surface area contributed by atoms with Gasteiger partial charge in [0.15, 0.2) is 0 Å². The van der Waals surface area contributed by atoms with Crippen LogP contribution in [0.25, 0.3) is 10.9 Å². The zero-order valence-electron chi connectivity index (χ0n) is 14.2. The average molecular weight is 347 g/mol. The summed E-state index contributed by atoms with van der Waals surface area (Å²) in [4.78, 5) is 20.1. The fourth-order valence-corrected chi connectivity index (χ4v) is 3.74. The van der Waals surface area contributed by atoms with Crippen LogP contribution in [0.4, 0.5) is 8.78 Å². The third-order valence-corrected chi connectivity index (χ3v) is 5.44. The molecule has 1 unspecified atom stereocenters. The second-order valence-corrected chi connectivity index (χ2v) is 7.19. The number of nitrogens with one attached hydrogen (secondary N) is 1. The van der Waals surface area contributed by atoms with Gasteiger partial charge in [-0.15, -0.1) is 0 Å². The van der Waals surface area contributed by atoms with Crippen molar-refractivity contribution in [1.82, 2.24) is 14.8 Å². The average Bonchev–Trinajstić information content (AvgIpc) is 3.10. The van der Waals surface area contributed by atoms with Gasteiger partial charge in [-0.3, -0.25) is 4.79 Å². The zero-order chi connectivity index (χ0) is 17.4. The molecule has 1 aliphatic carbocycles. The molecule has 1 aromatic heterocycles. The van der Waals surface area contributed by atoms with Crippen molar-refractivity contribution in [3.05, 3.63) is 36.0 Å². The van der Waals surface area contributed by atoms with Crippen molar-refractivity contribution >= 4 is 16.8 Å². The third kappa shape index (κ3) is 3.40. The van der Waals surface area contributed by atoms with E-state index in [1.54, 1.807) is 6.20 Å². The van der Waals surface area contributed by atoms with Gasteiger partial charge in [-0.25, -0.2) is 8.78 Å². The molecular formula is C19H23F2N3O. The summed E-state index contributed by atoms with van der Waals surface area (Å²) in [6.07, 6.45) is 3.27. The Kier molecular flexibility index (Phi) is 4.23. The molecule has 1 atom stereocenters. The van der Waals surface area contributed by atoms with Crippen LogP contribution in [0.1, 0.15) is 29.6 Å². The first-order chi connectivity index (χ1) is 12.0. The Bertz CT molecular complexity index is 773. The van der Waals surface area contributed by atoms with Gasteiger partial charge < -0.3 is 14.8 Å². The smallest absolute Gasteiger partial charge is 0.256 e. The molecule has 2 aromatic rings. The Hall–Kier alpha value is -1.95. The quantitative estimate of drug-likeness (QED) is 0.921. The number of nitrogens with zero attached hydrogens (tertiary/aromatic N) is 2. The van der Waals surface area contributed by atoms with E-state index < -0.39 is 11.8 Å². The number of halogens is 2. The lowest BCUT2D eigenvalue weighted by molar-refractivity contribution is 0.0762. The number of H-pyrrole nitrogens is 1. The third-order valence-electron chi connectivity index (χ3n) is 5.44. The van der Waals surface area contributed by atoms with Gasteiger partial charge >= 0.3 is 0 Å². The van der Waals surface area contributed by atoms with Crippen molar-refractivity contribution in [2.75, 3.05) is 32.7 Å². The van der Waals surface area contributed by atoms with Gasteiger partial charge in [0.2, 0.25) is 0 Å². The van der Waals surface area contributed by atoms with E-state index in [4.69, 9.17) is 0 Å². The number of rotatable bonds is 4. The number of alkyl halides is 2. The zero-order valence-corrected chi connectivity index (χ0v) is 14.2. The van der Waals surface area contributed by atoms with Crippen LogP contribution >= 0.6 is 0 Å². The highest BCUT2D eigenvalue weighted by atomic mass is 19.3. The van der Waals surface area contributed by atoms with Gasteiger partial charge in [-0.1, -0.05) is 18.2 Å². The number of hydrogen-bond acceptors (Lipinski definition) is 2. The molecule has 25 heavy (non-hydrogen) atoms. The molecule has 4 nitrogen and oxygen atoms in total. The van der Waals surface area contributed by atoms with E-state index in [9.17, 15) is 13.6 Å². The maximum Gasteiger partial charge on any atom is 0.256 e. The first-order valence-electron chi connectivity index (χ1n) is 9.00. The number of amides is 1. The van der Waals surface area contributed by atoms with E-state index in [2.05, 4.69) is 9.88 Å². The van der Waals surface area contributed by atoms with Gasteiger partial charge in [-0.2, -0.15) is 0 Å². The number of aromatic amines is 1. The predicted octanol–water partition coefficient (Wildman–Crippen LogP) is 3.36. The van der Waals surface area contributed by atoms with Crippen molar-refractivity contribution in [1.29, 1.82) is 0 Å². The minimum atomic E-state index is -2.43. The summed E-state index contributed by atoms with van der Waals surface area (Å²) in [6.45, 7) is 3.70. The topological polar surface area (TPSA) is 39.3 Å². The van der Waals surface area contributed by atoms with Crippen molar-refractivity contribution in [2.24, 2.45) is 5.92 Å². The van der Waals surface area contributed by atoms with Gasteiger partial charge in [-0.05, 0) is 32.0 Å². The summed E-state index contributed by atoms with van der Waals surface area (Å²) in [5.74, 6) is -2.81. The van der Waals surface area contributed by atoms with Gasteiger partial charge in [0.1, 0.15) is 0 Å². The van der Waals surface area contributed by atoms with Crippen molar-refractivity contribution < 1.29 is 13.6 Å². The molecule has 1 saturated heterocycles. The first-order valence-corrected chi connectivity index (χ1v) is 9.00. The van der Waals surface area contributed by atoms with Crippen LogP contribution in [-0.4, -0.2) is 59.3 Å². The summed E-state index contributed by atoms with van der Waals surface area (Å²) < 4.78 is 26.0. The number of hydrogen-bond donors (Lipinski definition) is 1. The standard InChI is InChI=1S/C19H23F2N3O/c20-19(21)12-14(19)6-9-23-7-3-8-24(11-10-23)18(25)16-13-22-17-5-2-1-4-15(16)17/h1-2,4-5,13-14,22H,3,6-12H2. The molecule has 2 heterocycles. The van der Waals surface area contributed by atoms with E-state index >= 15 is 0 Å². The Balaban J connectivity index is 1.36. The molecule has 1 amide bonds. The van der Waals surface area contributed by atoms with E-state index in [1.165, 1.54) is 0 Å². The summed E-state index contributed by atoms with van der Waals surface area (Å²) in [5.41, 5.74) is 1.68.